The molecular formula is C18H36O5. The summed E-state index contributed by atoms with van der Waals surface area (Å²) in [5, 5.41) is 9.99. The molecule has 5 heteroatoms. The van der Waals surface area contributed by atoms with Gasteiger partial charge in [-0.1, -0.05) is 40.0 Å². The Kier molecular flexibility index (Phi) is 11.9. The fourth-order valence-corrected chi connectivity index (χ4v) is 2.61. The zero-order valence-electron chi connectivity index (χ0n) is 15.2. The van der Waals surface area contributed by atoms with Gasteiger partial charge in [-0.05, 0) is 19.3 Å². The quantitative estimate of drug-likeness (QED) is 0.525. The summed E-state index contributed by atoms with van der Waals surface area (Å²) >= 11 is 0. The summed E-state index contributed by atoms with van der Waals surface area (Å²) in [5.41, 5.74) is 0. The van der Waals surface area contributed by atoms with Crippen LogP contribution in [-0.4, -0.2) is 56.1 Å². The third-order valence-electron chi connectivity index (χ3n) is 4.06. The van der Waals surface area contributed by atoms with E-state index in [1.54, 1.807) is 0 Å². The summed E-state index contributed by atoms with van der Waals surface area (Å²) in [7, 11) is 0. The van der Waals surface area contributed by atoms with Crippen molar-refractivity contribution in [2.75, 3.05) is 26.4 Å². The highest BCUT2D eigenvalue weighted by atomic mass is 16.6. The van der Waals surface area contributed by atoms with Crippen LogP contribution in [0.3, 0.4) is 0 Å². The van der Waals surface area contributed by atoms with Gasteiger partial charge in [-0.15, -0.1) is 0 Å². The topological polar surface area (TPSA) is 57.2 Å². The molecule has 1 rings (SSSR count). The molecule has 23 heavy (non-hydrogen) atoms. The average molecular weight is 332 g/mol. The molecule has 0 aromatic rings. The normalized spacial score (nSPS) is 28.2. The predicted octanol–water partition coefficient (Wildman–Crippen LogP) is 3.28. The summed E-state index contributed by atoms with van der Waals surface area (Å²) in [6, 6.07) is 0. The molecule has 0 radical (unpaired) electrons. The van der Waals surface area contributed by atoms with Crippen molar-refractivity contribution in [3.63, 3.8) is 0 Å². The molecule has 1 fully saturated rings. The van der Waals surface area contributed by atoms with E-state index in [9.17, 15) is 5.11 Å². The second-order valence-electron chi connectivity index (χ2n) is 6.25. The number of ether oxygens (including phenoxy) is 4. The Labute approximate surface area is 141 Å². The van der Waals surface area contributed by atoms with Gasteiger partial charge in [-0.2, -0.15) is 0 Å². The van der Waals surface area contributed by atoms with Gasteiger partial charge in [0.05, 0.1) is 12.7 Å². The minimum atomic E-state index is -0.799. The second kappa shape index (κ2) is 13.1. The lowest BCUT2D eigenvalue weighted by atomic mass is 10.0. The van der Waals surface area contributed by atoms with Crippen molar-refractivity contribution in [3.05, 3.63) is 0 Å². The molecular weight excluding hydrogens is 296 g/mol. The molecule has 1 N–H and O–H groups in total. The predicted molar refractivity (Wildman–Crippen MR) is 90.5 cm³/mol. The molecule has 1 aliphatic heterocycles. The molecule has 4 atom stereocenters. The molecule has 138 valence electrons. The van der Waals surface area contributed by atoms with Crippen LogP contribution in [0.15, 0.2) is 0 Å². The first-order valence-electron chi connectivity index (χ1n) is 9.37. The first-order chi connectivity index (χ1) is 11.2. The molecule has 0 bridgehead atoms. The van der Waals surface area contributed by atoms with Crippen LogP contribution in [0.1, 0.15) is 65.7 Å². The fourth-order valence-electron chi connectivity index (χ4n) is 2.61. The van der Waals surface area contributed by atoms with Gasteiger partial charge >= 0.3 is 0 Å². The highest BCUT2D eigenvalue weighted by Crippen LogP contribution is 2.25. The summed E-state index contributed by atoms with van der Waals surface area (Å²) in [4.78, 5) is 0. The Balaban J connectivity index is 2.56. The van der Waals surface area contributed by atoms with Crippen molar-refractivity contribution in [1.82, 2.24) is 0 Å². The number of hydrogen-bond acceptors (Lipinski definition) is 5. The zero-order chi connectivity index (χ0) is 16.9. The van der Waals surface area contributed by atoms with Gasteiger partial charge in [-0.3, -0.25) is 0 Å². The maximum Gasteiger partial charge on any atom is 0.157 e. The van der Waals surface area contributed by atoms with Gasteiger partial charge in [0.2, 0.25) is 0 Å². The van der Waals surface area contributed by atoms with E-state index in [-0.39, 0.29) is 18.3 Å². The van der Waals surface area contributed by atoms with E-state index in [2.05, 4.69) is 20.8 Å². The van der Waals surface area contributed by atoms with Crippen molar-refractivity contribution < 1.29 is 24.1 Å². The molecule has 3 unspecified atom stereocenters. The van der Waals surface area contributed by atoms with Crippen LogP contribution in [0, 0.1) is 0 Å². The molecule has 1 aliphatic rings. The number of aliphatic hydroxyl groups is 1. The lowest BCUT2D eigenvalue weighted by Gasteiger charge is -2.39. The van der Waals surface area contributed by atoms with E-state index in [0.717, 1.165) is 45.1 Å². The lowest BCUT2D eigenvalue weighted by molar-refractivity contribution is -0.261. The average Bonchev–Trinajstić information content (AvgIpc) is 2.54. The Morgan fingerprint density at radius 2 is 1.52 bits per heavy atom. The minimum absolute atomic E-state index is 0.123. The monoisotopic (exact) mass is 332 g/mol. The van der Waals surface area contributed by atoms with E-state index < -0.39 is 6.29 Å². The van der Waals surface area contributed by atoms with E-state index in [0.29, 0.717) is 26.2 Å². The third-order valence-corrected chi connectivity index (χ3v) is 4.06. The molecule has 0 aromatic heterocycles. The SMILES string of the molecule is CCCCOCC1OC(O)CC(OCCCC)[C@@H]1OCCCC. The van der Waals surface area contributed by atoms with Crippen molar-refractivity contribution in [3.8, 4) is 0 Å². The third kappa shape index (κ3) is 8.45. The number of hydrogen-bond donors (Lipinski definition) is 1. The summed E-state index contributed by atoms with van der Waals surface area (Å²) in [5.74, 6) is 0. The highest BCUT2D eigenvalue weighted by Gasteiger charge is 2.39. The van der Waals surface area contributed by atoms with Gasteiger partial charge in [0, 0.05) is 26.2 Å². The van der Waals surface area contributed by atoms with Crippen LogP contribution < -0.4 is 0 Å². The maximum absolute atomic E-state index is 9.99. The Bertz CT molecular complexity index is 274. The first kappa shape index (κ1) is 20.8. The van der Waals surface area contributed by atoms with Crippen molar-refractivity contribution in [2.24, 2.45) is 0 Å². The molecule has 1 heterocycles. The van der Waals surface area contributed by atoms with Crippen LogP contribution in [0.25, 0.3) is 0 Å². The van der Waals surface area contributed by atoms with Crippen LogP contribution in [0.2, 0.25) is 0 Å². The summed E-state index contributed by atoms with van der Waals surface area (Å²) in [6.45, 7) is 8.98. The van der Waals surface area contributed by atoms with Gasteiger partial charge in [0.15, 0.2) is 6.29 Å². The van der Waals surface area contributed by atoms with Crippen molar-refractivity contribution >= 4 is 0 Å². The van der Waals surface area contributed by atoms with Gasteiger partial charge < -0.3 is 24.1 Å². The van der Waals surface area contributed by atoms with Gasteiger partial charge in [0.25, 0.3) is 0 Å². The number of unbranched alkanes of at least 4 members (excludes halogenated alkanes) is 3. The highest BCUT2D eigenvalue weighted by molar-refractivity contribution is 4.85. The van der Waals surface area contributed by atoms with Crippen LogP contribution in [-0.2, 0) is 18.9 Å². The van der Waals surface area contributed by atoms with Crippen molar-refractivity contribution in [2.45, 2.75) is 90.3 Å². The van der Waals surface area contributed by atoms with E-state index >= 15 is 0 Å². The number of rotatable bonds is 13. The van der Waals surface area contributed by atoms with Gasteiger partial charge in [-0.25, -0.2) is 0 Å². The number of aliphatic hydroxyl groups excluding tert-OH is 1. The fraction of sp³-hybridized carbons (Fsp3) is 1.00. The van der Waals surface area contributed by atoms with Crippen LogP contribution >= 0.6 is 0 Å². The zero-order valence-corrected chi connectivity index (χ0v) is 15.2. The van der Waals surface area contributed by atoms with Crippen LogP contribution in [0.4, 0.5) is 0 Å². The maximum atomic E-state index is 9.99. The van der Waals surface area contributed by atoms with E-state index in [1.165, 1.54) is 0 Å². The second-order valence-corrected chi connectivity index (χ2v) is 6.25. The smallest absolute Gasteiger partial charge is 0.157 e. The molecule has 0 aliphatic carbocycles. The molecule has 5 nitrogen and oxygen atoms in total. The first-order valence-corrected chi connectivity index (χ1v) is 9.37. The Morgan fingerprint density at radius 1 is 0.913 bits per heavy atom. The Hall–Kier alpha value is -0.200. The van der Waals surface area contributed by atoms with Crippen molar-refractivity contribution in [1.29, 1.82) is 0 Å². The largest absolute Gasteiger partial charge is 0.379 e. The van der Waals surface area contributed by atoms with E-state index in [4.69, 9.17) is 18.9 Å². The van der Waals surface area contributed by atoms with E-state index in [1.807, 2.05) is 0 Å². The minimum Gasteiger partial charge on any atom is -0.379 e. The molecule has 0 aromatic carbocycles. The Morgan fingerprint density at radius 3 is 2.17 bits per heavy atom. The lowest BCUT2D eigenvalue weighted by Crippen LogP contribution is -2.52. The molecule has 0 saturated carbocycles. The summed E-state index contributed by atoms with van der Waals surface area (Å²) < 4.78 is 23.4. The standard InChI is InChI=1S/C18H36O5/c1-4-7-10-20-14-16-18(22-12-9-6-3)15(13-17(19)23-16)21-11-8-5-2/h15-19H,4-14H2,1-3H3/t15?,16?,17?,18-/m0/s1. The molecule has 0 spiro atoms. The van der Waals surface area contributed by atoms with Gasteiger partial charge in [0.1, 0.15) is 12.2 Å². The molecule has 1 saturated heterocycles. The molecule has 0 amide bonds. The summed E-state index contributed by atoms with van der Waals surface area (Å²) in [6.07, 6.45) is 5.48. The van der Waals surface area contributed by atoms with Crippen LogP contribution in [0.5, 0.6) is 0 Å².